The Balaban J connectivity index is 1.77. The fourth-order valence-electron chi connectivity index (χ4n) is 2.60. The van der Waals surface area contributed by atoms with Gasteiger partial charge in [-0.3, -0.25) is 4.79 Å². The van der Waals surface area contributed by atoms with Crippen molar-refractivity contribution in [2.45, 2.75) is 49.5 Å². The highest BCUT2D eigenvalue weighted by Gasteiger charge is 2.20. The van der Waals surface area contributed by atoms with E-state index in [4.69, 9.17) is 0 Å². The maximum atomic E-state index is 13.5. The van der Waals surface area contributed by atoms with Crippen LogP contribution in [0.2, 0.25) is 0 Å². The molecule has 8 heteroatoms. The molecule has 0 saturated heterocycles. The molecular formula is C15H20F2N2O3S. The Bertz CT molecular complexity index is 659. The number of halogens is 2. The van der Waals surface area contributed by atoms with Crippen LogP contribution in [0.15, 0.2) is 23.1 Å². The second-order valence-corrected chi connectivity index (χ2v) is 7.36. The van der Waals surface area contributed by atoms with Crippen molar-refractivity contribution in [2.75, 3.05) is 6.54 Å². The highest BCUT2D eigenvalue weighted by Crippen LogP contribution is 2.18. The molecule has 0 unspecified atom stereocenters. The predicted octanol–water partition coefficient (Wildman–Crippen LogP) is 2.08. The monoisotopic (exact) mass is 346 g/mol. The van der Waals surface area contributed by atoms with Crippen LogP contribution in [0.25, 0.3) is 0 Å². The molecule has 2 N–H and O–H groups in total. The van der Waals surface area contributed by atoms with E-state index in [-0.39, 0.29) is 24.9 Å². The first kappa shape index (κ1) is 17.8. The van der Waals surface area contributed by atoms with Gasteiger partial charge in [0.1, 0.15) is 16.5 Å². The minimum absolute atomic E-state index is 0.0111. The summed E-state index contributed by atoms with van der Waals surface area (Å²) < 4.78 is 52.3. The van der Waals surface area contributed by atoms with Crippen LogP contribution >= 0.6 is 0 Å². The third-order valence-corrected chi connectivity index (χ3v) is 5.27. The molecule has 1 fully saturated rings. The smallest absolute Gasteiger partial charge is 0.243 e. The normalized spacial score (nSPS) is 15.7. The molecule has 0 atom stereocenters. The van der Waals surface area contributed by atoms with E-state index in [1.807, 2.05) is 0 Å². The fraction of sp³-hybridized carbons (Fsp3) is 0.533. The van der Waals surface area contributed by atoms with Gasteiger partial charge in [0.05, 0.1) is 0 Å². The second kappa shape index (κ2) is 7.83. The summed E-state index contributed by atoms with van der Waals surface area (Å²) >= 11 is 0. The van der Waals surface area contributed by atoms with Crippen molar-refractivity contribution in [1.82, 2.24) is 10.0 Å². The summed E-state index contributed by atoms with van der Waals surface area (Å²) in [6.07, 6.45) is 4.72. The predicted molar refractivity (Wildman–Crippen MR) is 81.2 cm³/mol. The summed E-state index contributed by atoms with van der Waals surface area (Å²) in [4.78, 5) is 11.1. The van der Waals surface area contributed by atoms with Crippen LogP contribution in [0.4, 0.5) is 8.78 Å². The summed E-state index contributed by atoms with van der Waals surface area (Å²) in [7, 11) is -4.05. The van der Waals surface area contributed by atoms with Gasteiger partial charge in [0, 0.05) is 25.1 Å². The lowest BCUT2D eigenvalue weighted by Gasteiger charge is -2.12. The van der Waals surface area contributed by atoms with Gasteiger partial charge in [-0.25, -0.2) is 21.9 Å². The highest BCUT2D eigenvalue weighted by atomic mass is 32.2. The molecule has 1 saturated carbocycles. The van der Waals surface area contributed by atoms with Gasteiger partial charge in [-0.15, -0.1) is 0 Å². The number of nitrogens with one attached hydrogen (secondary N) is 2. The van der Waals surface area contributed by atoms with Crippen LogP contribution in [0.5, 0.6) is 0 Å². The number of hydrogen-bond acceptors (Lipinski definition) is 3. The number of benzene rings is 1. The average molecular weight is 346 g/mol. The summed E-state index contributed by atoms with van der Waals surface area (Å²) in [6, 6.07) is 2.50. The summed E-state index contributed by atoms with van der Waals surface area (Å²) in [6.45, 7) is 0.0111. The fourth-order valence-corrected chi connectivity index (χ4v) is 3.73. The Morgan fingerprint density at radius 3 is 2.57 bits per heavy atom. The van der Waals surface area contributed by atoms with E-state index in [1.54, 1.807) is 0 Å². The Morgan fingerprint density at radius 2 is 1.91 bits per heavy atom. The highest BCUT2D eigenvalue weighted by molar-refractivity contribution is 7.89. The van der Waals surface area contributed by atoms with Gasteiger partial charge in [0.15, 0.2) is 0 Å². The Hall–Kier alpha value is -1.54. The molecular weight excluding hydrogens is 326 g/mol. The molecule has 0 spiro atoms. The molecule has 0 aromatic heterocycles. The van der Waals surface area contributed by atoms with Crippen molar-refractivity contribution in [2.24, 2.45) is 0 Å². The van der Waals surface area contributed by atoms with E-state index in [0.717, 1.165) is 37.8 Å². The largest absolute Gasteiger partial charge is 0.353 e. The van der Waals surface area contributed by atoms with Crippen molar-refractivity contribution in [3.05, 3.63) is 29.8 Å². The third kappa shape index (κ3) is 5.24. The van der Waals surface area contributed by atoms with Crippen LogP contribution in [0.3, 0.4) is 0 Å². The standard InChI is InChI=1S/C15H20F2N2O3S/c16-11-7-8-14(13(17)10-11)23(21,22)18-9-3-6-15(20)19-12-4-1-2-5-12/h7-8,10,12,18H,1-6,9H2,(H,19,20). The molecule has 0 aliphatic heterocycles. The van der Waals surface area contributed by atoms with Crippen LogP contribution in [0.1, 0.15) is 38.5 Å². The van der Waals surface area contributed by atoms with Gasteiger partial charge in [-0.2, -0.15) is 0 Å². The first-order chi connectivity index (χ1) is 10.9. The Labute approximate surface area is 134 Å². The lowest BCUT2D eigenvalue weighted by atomic mass is 10.2. The van der Waals surface area contributed by atoms with Crippen molar-refractivity contribution in [1.29, 1.82) is 0 Å². The maximum absolute atomic E-state index is 13.5. The number of amides is 1. The first-order valence-electron chi connectivity index (χ1n) is 7.62. The van der Waals surface area contributed by atoms with Crippen LogP contribution in [-0.4, -0.2) is 26.9 Å². The minimum atomic E-state index is -4.05. The summed E-state index contributed by atoms with van der Waals surface area (Å²) in [5.74, 6) is -2.09. The second-order valence-electron chi connectivity index (χ2n) is 5.62. The van der Waals surface area contributed by atoms with E-state index in [9.17, 15) is 22.0 Å². The van der Waals surface area contributed by atoms with Crippen LogP contribution in [-0.2, 0) is 14.8 Å². The van der Waals surface area contributed by atoms with E-state index >= 15 is 0 Å². The number of carbonyl (C=O) groups is 1. The quantitative estimate of drug-likeness (QED) is 0.742. The first-order valence-corrected chi connectivity index (χ1v) is 9.11. The van der Waals surface area contributed by atoms with E-state index < -0.39 is 26.6 Å². The number of carbonyl (C=O) groups excluding carboxylic acids is 1. The number of sulfonamides is 1. The molecule has 1 amide bonds. The van der Waals surface area contributed by atoms with Gasteiger partial charge < -0.3 is 5.32 Å². The van der Waals surface area contributed by atoms with Gasteiger partial charge in [0.2, 0.25) is 15.9 Å². The van der Waals surface area contributed by atoms with Crippen LogP contribution in [0, 0.1) is 11.6 Å². The van der Waals surface area contributed by atoms with Gasteiger partial charge in [0.25, 0.3) is 0 Å². The number of rotatable bonds is 7. The van der Waals surface area contributed by atoms with Crippen molar-refractivity contribution < 1.29 is 22.0 Å². The third-order valence-electron chi connectivity index (χ3n) is 3.78. The number of hydrogen-bond donors (Lipinski definition) is 2. The molecule has 0 radical (unpaired) electrons. The lowest BCUT2D eigenvalue weighted by Crippen LogP contribution is -2.33. The van der Waals surface area contributed by atoms with Crippen molar-refractivity contribution in [3.63, 3.8) is 0 Å². The SMILES string of the molecule is O=C(CCCNS(=O)(=O)c1ccc(F)cc1F)NC1CCCC1. The molecule has 2 rings (SSSR count). The van der Waals surface area contributed by atoms with Gasteiger partial charge in [-0.1, -0.05) is 12.8 Å². The van der Waals surface area contributed by atoms with Crippen molar-refractivity contribution >= 4 is 15.9 Å². The molecule has 1 aliphatic carbocycles. The van der Waals surface area contributed by atoms with E-state index in [2.05, 4.69) is 10.0 Å². The molecule has 23 heavy (non-hydrogen) atoms. The zero-order valence-corrected chi connectivity index (χ0v) is 13.5. The van der Waals surface area contributed by atoms with Crippen LogP contribution < -0.4 is 10.0 Å². The molecule has 5 nitrogen and oxygen atoms in total. The summed E-state index contributed by atoms with van der Waals surface area (Å²) in [5.41, 5.74) is 0. The molecule has 1 aromatic carbocycles. The summed E-state index contributed by atoms with van der Waals surface area (Å²) in [5, 5.41) is 2.91. The Kier molecular flexibility index (Phi) is 6.06. The average Bonchev–Trinajstić information content (AvgIpc) is 2.96. The van der Waals surface area contributed by atoms with Gasteiger partial charge >= 0.3 is 0 Å². The van der Waals surface area contributed by atoms with E-state index in [0.29, 0.717) is 12.5 Å². The Morgan fingerprint density at radius 1 is 1.22 bits per heavy atom. The topological polar surface area (TPSA) is 75.3 Å². The van der Waals surface area contributed by atoms with Crippen molar-refractivity contribution in [3.8, 4) is 0 Å². The zero-order valence-electron chi connectivity index (χ0n) is 12.6. The molecule has 128 valence electrons. The molecule has 1 aliphatic rings. The maximum Gasteiger partial charge on any atom is 0.243 e. The lowest BCUT2D eigenvalue weighted by molar-refractivity contribution is -0.121. The van der Waals surface area contributed by atoms with Gasteiger partial charge in [-0.05, 0) is 31.4 Å². The zero-order chi connectivity index (χ0) is 16.9. The molecule has 1 aromatic rings. The van der Waals surface area contributed by atoms with E-state index in [1.165, 1.54) is 0 Å². The molecule has 0 heterocycles. The molecule has 0 bridgehead atoms. The minimum Gasteiger partial charge on any atom is -0.353 e.